The lowest BCUT2D eigenvalue weighted by atomic mass is 9.96. The predicted molar refractivity (Wildman–Crippen MR) is 88.0 cm³/mol. The van der Waals surface area contributed by atoms with Crippen LogP contribution in [0, 0.1) is 13.8 Å². The minimum absolute atomic E-state index is 0.328. The second kappa shape index (κ2) is 7.00. The highest BCUT2D eigenvalue weighted by Gasteiger charge is 2.13. The molecule has 1 N–H and O–H groups in total. The van der Waals surface area contributed by atoms with E-state index in [1.54, 1.807) is 0 Å². The van der Waals surface area contributed by atoms with Crippen LogP contribution < -0.4 is 5.32 Å². The molecular formula is C17H21BrN2. The average molecular weight is 333 g/mol. The number of aromatic nitrogens is 1. The van der Waals surface area contributed by atoms with Crippen molar-refractivity contribution < 1.29 is 0 Å². The zero-order valence-electron chi connectivity index (χ0n) is 12.3. The summed E-state index contributed by atoms with van der Waals surface area (Å²) in [5.74, 6) is 0. The van der Waals surface area contributed by atoms with Crippen molar-refractivity contribution in [2.75, 3.05) is 6.54 Å². The molecule has 0 bridgehead atoms. The minimum atomic E-state index is 0.328. The first-order valence-corrected chi connectivity index (χ1v) is 7.80. The molecule has 0 aliphatic heterocycles. The first-order valence-electron chi connectivity index (χ1n) is 7.00. The summed E-state index contributed by atoms with van der Waals surface area (Å²) in [4.78, 5) is 4.21. The van der Waals surface area contributed by atoms with Crippen LogP contribution in [0.4, 0.5) is 0 Å². The number of rotatable bonds is 5. The van der Waals surface area contributed by atoms with Crippen LogP contribution in [-0.4, -0.2) is 11.5 Å². The molecule has 0 amide bonds. The fourth-order valence-electron chi connectivity index (χ4n) is 2.49. The fourth-order valence-corrected chi connectivity index (χ4v) is 2.72. The molecule has 0 spiro atoms. The van der Waals surface area contributed by atoms with Crippen molar-refractivity contribution >= 4 is 15.9 Å². The Morgan fingerprint density at radius 3 is 2.50 bits per heavy atom. The van der Waals surface area contributed by atoms with Gasteiger partial charge in [0.05, 0.1) is 0 Å². The van der Waals surface area contributed by atoms with Gasteiger partial charge in [-0.3, -0.25) is 4.98 Å². The van der Waals surface area contributed by atoms with E-state index in [0.717, 1.165) is 13.0 Å². The van der Waals surface area contributed by atoms with Gasteiger partial charge in [0.2, 0.25) is 0 Å². The number of nitrogens with zero attached hydrogens (tertiary/aromatic N) is 1. The number of aryl methyl sites for hydroxylation is 2. The summed E-state index contributed by atoms with van der Waals surface area (Å²) in [5, 5.41) is 3.58. The van der Waals surface area contributed by atoms with E-state index in [9.17, 15) is 0 Å². The quantitative estimate of drug-likeness (QED) is 0.880. The number of pyridine rings is 1. The van der Waals surface area contributed by atoms with Gasteiger partial charge in [0.25, 0.3) is 0 Å². The molecule has 0 aliphatic rings. The van der Waals surface area contributed by atoms with E-state index in [0.29, 0.717) is 6.04 Å². The van der Waals surface area contributed by atoms with Crippen LogP contribution in [0.1, 0.15) is 35.2 Å². The van der Waals surface area contributed by atoms with Crippen molar-refractivity contribution in [1.82, 2.24) is 10.3 Å². The SMILES string of the molecule is CCNC(Cc1cccnc1)c1cc(C)c(Br)c(C)c1. The average Bonchev–Trinajstić information content (AvgIpc) is 2.45. The lowest BCUT2D eigenvalue weighted by Crippen LogP contribution is -2.23. The highest BCUT2D eigenvalue weighted by atomic mass is 79.9. The van der Waals surface area contributed by atoms with E-state index in [1.807, 2.05) is 18.5 Å². The zero-order chi connectivity index (χ0) is 14.5. The molecule has 0 radical (unpaired) electrons. The monoisotopic (exact) mass is 332 g/mol. The molecule has 0 aliphatic carbocycles. The van der Waals surface area contributed by atoms with E-state index in [4.69, 9.17) is 0 Å². The van der Waals surface area contributed by atoms with Crippen LogP contribution in [0.5, 0.6) is 0 Å². The Balaban J connectivity index is 2.29. The Hall–Kier alpha value is -1.19. The normalized spacial score (nSPS) is 12.4. The summed E-state index contributed by atoms with van der Waals surface area (Å²) < 4.78 is 1.21. The van der Waals surface area contributed by atoms with Crippen LogP contribution in [0.25, 0.3) is 0 Å². The van der Waals surface area contributed by atoms with Gasteiger partial charge >= 0.3 is 0 Å². The van der Waals surface area contributed by atoms with Gasteiger partial charge in [-0.05, 0) is 55.1 Å². The highest BCUT2D eigenvalue weighted by molar-refractivity contribution is 9.10. The molecule has 2 rings (SSSR count). The molecule has 2 aromatic rings. The van der Waals surface area contributed by atoms with Gasteiger partial charge in [-0.25, -0.2) is 0 Å². The van der Waals surface area contributed by atoms with Crippen LogP contribution in [0.3, 0.4) is 0 Å². The van der Waals surface area contributed by atoms with Crippen molar-refractivity contribution in [3.63, 3.8) is 0 Å². The summed E-state index contributed by atoms with van der Waals surface area (Å²) in [5.41, 5.74) is 5.17. The van der Waals surface area contributed by atoms with E-state index in [-0.39, 0.29) is 0 Å². The molecular weight excluding hydrogens is 312 g/mol. The third-order valence-corrected chi connectivity index (χ3v) is 4.73. The number of hydrogen-bond acceptors (Lipinski definition) is 2. The zero-order valence-corrected chi connectivity index (χ0v) is 13.9. The Morgan fingerprint density at radius 2 is 1.95 bits per heavy atom. The maximum atomic E-state index is 4.21. The van der Waals surface area contributed by atoms with Crippen LogP contribution in [0.2, 0.25) is 0 Å². The van der Waals surface area contributed by atoms with Crippen molar-refractivity contribution in [1.29, 1.82) is 0 Å². The van der Waals surface area contributed by atoms with E-state index in [1.165, 1.54) is 26.7 Å². The maximum absolute atomic E-state index is 4.21. The summed E-state index contributed by atoms with van der Waals surface area (Å²) in [6, 6.07) is 8.99. The molecule has 1 aromatic heterocycles. The molecule has 1 unspecified atom stereocenters. The summed E-state index contributed by atoms with van der Waals surface area (Å²) >= 11 is 3.64. The first kappa shape index (κ1) is 15.2. The van der Waals surface area contributed by atoms with Crippen molar-refractivity contribution in [3.05, 3.63) is 63.4 Å². The smallest absolute Gasteiger partial charge is 0.0361 e. The minimum Gasteiger partial charge on any atom is -0.310 e. The Bertz CT molecular complexity index is 543. The van der Waals surface area contributed by atoms with E-state index >= 15 is 0 Å². The lowest BCUT2D eigenvalue weighted by Gasteiger charge is -2.20. The van der Waals surface area contributed by atoms with Gasteiger partial charge < -0.3 is 5.32 Å². The molecule has 20 heavy (non-hydrogen) atoms. The van der Waals surface area contributed by atoms with Crippen molar-refractivity contribution in [2.45, 2.75) is 33.2 Å². The van der Waals surface area contributed by atoms with Gasteiger partial charge in [-0.15, -0.1) is 0 Å². The van der Waals surface area contributed by atoms with E-state index in [2.05, 4.69) is 65.2 Å². The van der Waals surface area contributed by atoms with Gasteiger partial charge in [0.15, 0.2) is 0 Å². The van der Waals surface area contributed by atoms with Crippen LogP contribution in [-0.2, 0) is 6.42 Å². The Kier molecular flexibility index (Phi) is 5.32. The molecule has 0 fully saturated rings. The topological polar surface area (TPSA) is 24.9 Å². The summed E-state index contributed by atoms with van der Waals surface area (Å²) in [6.07, 6.45) is 4.73. The molecule has 1 atom stereocenters. The summed E-state index contributed by atoms with van der Waals surface area (Å²) in [6.45, 7) is 7.40. The molecule has 3 heteroatoms. The third-order valence-electron chi connectivity index (χ3n) is 3.47. The second-order valence-corrected chi connectivity index (χ2v) is 5.94. The van der Waals surface area contributed by atoms with Gasteiger partial charge in [-0.2, -0.15) is 0 Å². The molecule has 1 aromatic carbocycles. The molecule has 1 heterocycles. The van der Waals surface area contributed by atoms with Crippen molar-refractivity contribution in [3.8, 4) is 0 Å². The molecule has 0 saturated heterocycles. The lowest BCUT2D eigenvalue weighted by molar-refractivity contribution is 0.548. The molecule has 106 valence electrons. The first-order chi connectivity index (χ1) is 9.61. The highest BCUT2D eigenvalue weighted by Crippen LogP contribution is 2.27. The second-order valence-electron chi connectivity index (χ2n) is 5.14. The fraction of sp³-hybridized carbons (Fsp3) is 0.353. The van der Waals surface area contributed by atoms with Crippen LogP contribution >= 0.6 is 15.9 Å². The van der Waals surface area contributed by atoms with E-state index < -0.39 is 0 Å². The van der Waals surface area contributed by atoms with Crippen molar-refractivity contribution in [2.24, 2.45) is 0 Å². The van der Waals surface area contributed by atoms with Gasteiger partial charge in [-0.1, -0.05) is 41.1 Å². The molecule has 0 saturated carbocycles. The maximum Gasteiger partial charge on any atom is 0.0361 e. The largest absolute Gasteiger partial charge is 0.310 e. The van der Waals surface area contributed by atoms with Gasteiger partial charge in [0.1, 0.15) is 0 Å². The third kappa shape index (κ3) is 3.68. The number of hydrogen-bond donors (Lipinski definition) is 1. The number of likely N-dealkylation sites (N-methyl/N-ethyl adjacent to an activating group) is 1. The number of halogens is 1. The number of nitrogens with one attached hydrogen (secondary N) is 1. The Labute approximate surface area is 129 Å². The Morgan fingerprint density at radius 1 is 1.25 bits per heavy atom. The standard InChI is InChI=1S/C17H21BrN2/c1-4-20-16(10-14-6-5-7-19-11-14)15-8-12(2)17(18)13(3)9-15/h5-9,11,16,20H,4,10H2,1-3H3. The summed E-state index contributed by atoms with van der Waals surface area (Å²) in [7, 11) is 0. The number of benzene rings is 1. The predicted octanol–water partition coefficient (Wildman–Crippen LogP) is 4.35. The molecule has 2 nitrogen and oxygen atoms in total. The van der Waals surface area contributed by atoms with Crippen LogP contribution in [0.15, 0.2) is 41.1 Å². The van der Waals surface area contributed by atoms with Gasteiger partial charge in [0, 0.05) is 22.9 Å².